The van der Waals surface area contributed by atoms with Crippen molar-refractivity contribution in [2.75, 3.05) is 14.2 Å². The van der Waals surface area contributed by atoms with Crippen LogP contribution in [0.25, 0.3) is 6.08 Å². The number of carbonyl (C=O) groups excluding carboxylic acids is 2. The van der Waals surface area contributed by atoms with Gasteiger partial charge < -0.3 is 23.5 Å². The van der Waals surface area contributed by atoms with E-state index in [0.717, 1.165) is 5.56 Å². The smallest absolute Gasteiger partial charge is 0.311 e. The Bertz CT molecular complexity index is 1160. The second kappa shape index (κ2) is 8.74. The number of para-hydroxylation sites is 1. The Hall–Kier alpha value is -4.07. The van der Waals surface area contributed by atoms with E-state index in [9.17, 15) is 9.59 Å². The summed E-state index contributed by atoms with van der Waals surface area (Å²) in [5.41, 5.74) is 1.12. The lowest BCUT2D eigenvalue weighted by Crippen LogP contribution is -2.08. The van der Waals surface area contributed by atoms with Gasteiger partial charge in [-0.2, -0.15) is 0 Å². The summed E-state index contributed by atoms with van der Waals surface area (Å²) in [4.78, 5) is 24.8. The Morgan fingerprint density at radius 2 is 1.94 bits per heavy atom. The van der Waals surface area contributed by atoms with Crippen LogP contribution >= 0.6 is 0 Å². The Labute approximate surface area is 178 Å². The highest BCUT2D eigenvalue weighted by molar-refractivity contribution is 6.14. The first-order valence-corrected chi connectivity index (χ1v) is 9.49. The van der Waals surface area contributed by atoms with Crippen molar-refractivity contribution >= 4 is 17.8 Å². The second-order valence-electron chi connectivity index (χ2n) is 6.65. The van der Waals surface area contributed by atoms with Gasteiger partial charge in [-0.15, -0.1) is 0 Å². The molecule has 1 aromatic heterocycles. The van der Waals surface area contributed by atoms with Crippen LogP contribution in [0.3, 0.4) is 0 Å². The summed E-state index contributed by atoms with van der Waals surface area (Å²) in [7, 11) is 3.04. The number of hydrogen-bond acceptors (Lipinski definition) is 8. The molecule has 8 heteroatoms. The van der Waals surface area contributed by atoms with Crippen LogP contribution in [-0.4, -0.2) is 31.1 Å². The lowest BCUT2D eigenvalue weighted by molar-refractivity contribution is -0.134. The summed E-state index contributed by atoms with van der Waals surface area (Å²) < 4.78 is 26.4. The molecule has 1 aliphatic heterocycles. The topological polar surface area (TPSA) is 97.1 Å². The van der Waals surface area contributed by atoms with Crippen LogP contribution in [0.4, 0.5) is 0 Å². The van der Waals surface area contributed by atoms with Crippen molar-refractivity contribution in [2.45, 2.75) is 12.8 Å². The highest BCUT2D eigenvalue weighted by Gasteiger charge is 2.28. The van der Waals surface area contributed by atoms with Gasteiger partial charge in [-0.3, -0.25) is 9.59 Å². The second-order valence-corrected chi connectivity index (χ2v) is 6.65. The van der Waals surface area contributed by atoms with E-state index in [2.05, 4.69) is 5.16 Å². The molecule has 0 radical (unpaired) electrons. The van der Waals surface area contributed by atoms with Gasteiger partial charge in [-0.1, -0.05) is 18.2 Å². The number of carbonyl (C=O) groups is 2. The van der Waals surface area contributed by atoms with Crippen molar-refractivity contribution in [1.29, 1.82) is 0 Å². The molecule has 31 heavy (non-hydrogen) atoms. The summed E-state index contributed by atoms with van der Waals surface area (Å²) in [5.74, 6) is 1.57. The van der Waals surface area contributed by atoms with E-state index in [1.165, 1.54) is 13.2 Å². The predicted octanol–water partition coefficient (Wildman–Crippen LogP) is 3.85. The van der Waals surface area contributed by atoms with E-state index in [-0.39, 0.29) is 23.7 Å². The molecule has 4 rings (SSSR count). The molecular weight excluding hydrogens is 402 g/mol. The fourth-order valence-corrected chi connectivity index (χ4v) is 3.07. The molecule has 0 saturated heterocycles. The number of methoxy groups -OCH3 is 2. The number of hydrogen-bond donors (Lipinski definition) is 0. The Morgan fingerprint density at radius 1 is 1.10 bits per heavy atom. The fourth-order valence-electron chi connectivity index (χ4n) is 3.07. The van der Waals surface area contributed by atoms with Crippen molar-refractivity contribution in [2.24, 2.45) is 0 Å². The van der Waals surface area contributed by atoms with E-state index < -0.39 is 5.97 Å². The maximum absolute atomic E-state index is 12.7. The Morgan fingerprint density at radius 3 is 2.71 bits per heavy atom. The summed E-state index contributed by atoms with van der Waals surface area (Å²) in [5, 5.41) is 3.68. The molecule has 0 aliphatic carbocycles. The standard InChI is InChI=1S/C23H19NO7/c1-27-18-6-4-3-5-14(18)11-20-23(26)17-9-7-15(12-19(17)30-20)29-22(25)10-8-16-13-21(28-2)24-31-16/h3-7,9,11-13H,8,10H2,1-2H3/b20-11-. The van der Waals surface area contributed by atoms with Gasteiger partial charge in [0.05, 0.1) is 26.2 Å². The van der Waals surface area contributed by atoms with Gasteiger partial charge in [0.1, 0.15) is 23.0 Å². The third kappa shape index (κ3) is 4.42. The molecule has 0 N–H and O–H groups in total. The minimum absolute atomic E-state index is 0.0914. The summed E-state index contributed by atoms with van der Waals surface area (Å²) >= 11 is 0. The minimum atomic E-state index is -0.454. The first-order chi connectivity index (χ1) is 15.1. The molecule has 0 bridgehead atoms. The number of aryl methyl sites for hydroxylation is 1. The molecular formula is C23H19NO7. The van der Waals surface area contributed by atoms with Gasteiger partial charge in [0.25, 0.3) is 5.88 Å². The van der Waals surface area contributed by atoms with Crippen LogP contribution in [0.15, 0.2) is 58.8 Å². The van der Waals surface area contributed by atoms with Crippen LogP contribution in [0.5, 0.6) is 23.1 Å². The van der Waals surface area contributed by atoms with Gasteiger partial charge in [0.15, 0.2) is 5.76 Å². The Balaban J connectivity index is 1.43. The largest absolute Gasteiger partial charge is 0.496 e. The molecule has 1 aliphatic rings. The zero-order valence-electron chi connectivity index (χ0n) is 16.9. The van der Waals surface area contributed by atoms with E-state index in [4.69, 9.17) is 23.5 Å². The molecule has 0 spiro atoms. The molecule has 0 unspecified atom stereocenters. The third-order valence-corrected chi connectivity index (χ3v) is 4.62. The van der Waals surface area contributed by atoms with Crippen molar-refractivity contribution in [1.82, 2.24) is 5.16 Å². The highest BCUT2D eigenvalue weighted by Crippen LogP contribution is 2.35. The maximum atomic E-state index is 12.7. The van der Waals surface area contributed by atoms with Crippen molar-refractivity contribution in [3.63, 3.8) is 0 Å². The van der Waals surface area contributed by atoms with E-state index in [0.29, 0.717) is 35.1 Å². The molecule has 3 aromatic rings. The zero-order valence-corrected chi connectivity index (χ0v) is 16.9. The molecule has 0 fully saturated rings. The molecule has 2 heterocycles. The molecule has 8 nitrogen and oxygen atoms in total. The lowest BCUT2D eigenvalue weighted by Gasteiger charge is -2.05. The SMILES string of the molecule is COc1cc(CCC(=O)Oc2ccc3c(c2)O/C(=C\c2ccccc2OC)C3=O)on1. The van der Waals surface area contributed by atoms with Gasteiger partial charge in [-0.05, 0) is 29.4 Å². The first-order valence-electron chi connectivity index (χ1n) is 9.49. The van der Waals surface area contributed by atoms with Crippen LogP contribution < -0.4 is 18.9 Å². The van der Waals surface area contributed by atoms with E-state index >= 15 is 0 Å². The number of ether oxygens (including phenoxy) is 4. The van der Waals surface area contributed by atoms with Gasteiger partial charge in [0, 0.05) is 24.1 Å². The number of aromatic nitrogens is 1. The molecule has 2 aromatic carbocycles. The number of Topliss-reactive ketones (excluding diaryl/α,β-unsaturated/α-hetero) is 1. The van der Waals surface area contributed by atoms with Gasteiger partial charge in [-0.25, -0.2) is 0 Å². The number of benzene rings is 2. The lowest BCUT2D eigenvalue weighted by atomic mass is 10.1. The van der Waals surface area contributed by atoms with Crippen LogP contribution in [0.2, 0.25) is 0 Å². The van der Waals surface area contributed by atoms with Crippen molar-refractivity contribution < 1.29 is 33.1 Å². The summed E-state index contributed by atoms with van der Waals surface area (Å²) in [6, 6.07) is 13.6. The number of ketones is 1. The summed E-state index contributed by atoms with van der Waals surface area (Å²) in [6.45, 7) is 0. The fraction of sp³-hybridized carbons (Fsp3) is 0.174. The highest BCUT2D eigenvalue weighted by atomic mass is 16.5. The van der Waals surface area contributed by atoms with Crippen LogP contribution in [0, 0.1) is 0 Å². The molecule has 158 valence electrons. The number of fused-ring (bicyclic) bond motifs is 1. The number of allylic oxidation sites excluding steroid dienone is 1. The first kappa shape index (κ1) is 20.2. The van der Waals surface area contributed by atoms with E-state index in [1.807, 2.05) is 18.2 Å². The third-order valence-electron chi connectivity index (χ3n) is 4.62. The Kier molecular flexibility index (Phi) is 5.70. The van der Waals surface area contributed by atoms with Gasteiger partial charge >= 0.3 is 5.97 Å². The number of nitrogens with zero attached hydrogens (tertiary/aromatic N) is 1. The number of rotatable bonds is 7. The minimum Gasteiger partial charge on any atom is -0.496 e. The van der Waals surface area contributed by atoms with Crippen LogP contribution in [0.1, 0.15) is 28.1 Å². The molecule has 0 saturated carbocycles. The van der Waals surface area contributed by atoms with Crippen LogP contribution in [-0.2, 0) is 11.2 Å². The average Bonchev–Trinajstić information content (AvgIpc) is 3.37. The zero-order chi connectivity index (χ0) is 21.8. The quantitative estimate of drug-likeness (QED) is 0.322. The monoisotopic (exact) mass is 421 g/mol. The van der Waals surface area contributed by atoms with Crippen molar-refractivity contribution in [3.05, 3.63) is 71.2 Å². The maximum Gasteiger partial charge on any atom is 0.311 e. The normalized spacial score (nSPS) is 13.6. The average molecular weight is 421 g/mol. The molecule has 0 amide bonds. The van der Waals surface area contributed by atoms with Crippen molar-refractivity contribution in [3.8, 4) is 23.1 Å². The van der Waals surface area contributed by atoms with E-state index in [1.54, 1.807) is 37.5 Å². The number of esters is 1. The van der Waals surface area contributed by atoms with Gasteiger partial charge in [0.2, 0.25) is 5.78 Å². The summed E-state index contributed by atoms with van der Waals surface area (Å²) in [6.07, 6.45) is 2.04. The molecule has 0 atom stereocenters. The predicted molar refractivity (Wildman–Crippen MR) is 109 cm³/mol.